The lowest BCUT2D eigenvalue weighted by molar-refractivity contribution is -0.120. The molecule has 9 nitrogen and oxygen atoms in total. The van der Waals surface area contributed by atoms with Gasteiger partial charge in [0, 0.05) is 30.9 Å². The van der Waals surface area contributed by atoms with Crippen molar-refractivity contribution in [2.24, 2.45) is 5.92 Å². The van der Waals surface area contributed by atoms with Crippen LogP contribution < -0.4 is 24.3 Å². The fourth-order valence-corrected chi connectivity index (χ4v) is 5.26. The SMILES string of the molecule is COc1ccc(S(=O)(=O)N2CCC[C@@H](C(=O)Nc3ccc4c(c3)OCO4)C2)cc1OC. The van der Waals surface area contributed by atoms with E-state index in [2.05, 4.69) is 5.32 Å². The Kier molecular flexibility index (Phi) is 5.92. The summed E-state index contributed by atoms with van der Waals surface area (Å²) in [4.78, 5) is 12.9. The fraction of sp³-hybridized carbons (Fsp3) is 0.381. The lowest BCUT2D eigenvalue weighted by atomic mass is 9.98. The summed E-state index contributed by atoms with van der Waals surface area (Å²) < 4.78 is 48.7. The monoisotopic (exact) mass is 448 g/mol. The molecule has 2 aliphatic rings. The second-order valence-electron chi connectivity index (χ2n) is 7.28. The molecule has 1 N–H and O–H groups in total. The number of nitrogens with one attached hydrogen (secondary N) is 1. The molecule has 1 atom stereocenters. The van der Waals surface area contributed by atoms with Crippen LogP contribution in [0.4, 0.5) is 5.69 Å². The Labute approximate surface area is 180 Å². The van der Waals surface area contributed by atoms with E-state index in [4.69, 9.17) is 18.9 Å². The van der Waals surface area contributed by atoms with Gasteiger partial charge in [-0.3, -0.25) is 4.79 Å². The van der Waals surface area contributed by atoms with E-state index in [0.29, 0.717) is 48.1 Å². The molecule has 4 rings (SSSR count). The number of methoxy groups -OCH3 is 2. The first-order valence-corrected chi connectivity index (χ1v) is 11.3. The molecule has 0 aromatic heterocycles. The van der Waals surface area contributed by atoms with Gasteiger partial charge in [0.25, 0.3) is 0 Å². The predicted molar refractivity (Wildman–Crippen MR) is 112 cm³/mol. The predicted octanol–water partition coefficient (Wildman–Crippen LogP) is 2.47. The van der Waals surface area contributed by atoms with Crippen molar-refractivity contribution in [3.8, 4) is 23.0 Å². The quantitative estimate of drug-likeness (QED) is 0.724. The van der Waals surface area contributed by atoms with Gasteiger partial charge < -0.3 is 24.3 Å². The highest BCUT2D eigenvalue weighted by Gasteiger charge is 2.34. The van der Waals surface area contributed by atoms with Crippen LogP contribution in [0.25, 0.3) is 0 Å². The fourth-order valence-electron chi connectivity index (χ4n) is 3.72. The van der Waals surface area contributed by atoms with Crippen LogP contribution in [0.2, 0.25) is 0 Å². The second kappa shape index (κ2) is 8.64. The maximum Gasteiger partial charge on any atom is 0.243 e. The first kappa shape index (κ1) is 21.3. The molecule has 1 fully saturated rings. The van der Waals surface area contributed by atoms with Crippen molar-refractivity contribution < 1.29 is 32.2 Å². The van der Waals surface area contributed by atoms with Gasteiger partial charge >= 0.3 is 0 Å². The molecular weight excluding hydrogens is 424 g/mol. The number of hydrogen-bond donors (Lipinski definition) is 1. The van der Waals surface area contributed by atoms with Crippen LogP contribution in [-0.4, -0.2) is 52.7 Å². The third-order valence-corrected chi connectivity index (χ3v) is 7.25. The standard InChI is InChI=1S/C21H24N2O7S/c1-27-17-8-6-16(11-19(17)28-2)31(25,26)23-9-3-4-14(12-23)21(24)22-15-5-7-18-20(10-15)30-13-29-18/h5-8,10-11,14H,3-4,9,12-13H2,1-2H3,(H,22,24)/t14-/m1/s1. The number of ether oxygens (including phenoxy) is 4. The van der Waals surface area contributed by atoms with E-state index in [9.17, 15) is 13.2 Å². The average Bonchev–Trinajstić information content (AvgIpc) is 3.26. The highest BCUT2D eigenvalue weighted by atomic mass is 32.2. The zero-order chi connectivity index (χ0) is 22.0. The molecule has 2 aliphatic heterocycles. The molecule has 1 saturated heterocycles. The van der Waals surface area contributed by atoms with Crippen molar-refractivity contribution in [1.82, 2.24) is 4.31 Å². The van der Waals surface area contributed by atoms with E-state index < -0.39 is 15.9 Å². The Bertz CT molecular complexity index is 1090. The normalized spacial score (nSPS) is 18.5. The zero-order valence-corrected chi connectivity index (χ0v) is 18.1. The minimum absolute atomic E-state index is 0.0991. The van der Waals surface area contributed by atoms with E-state index in [1.807, 2.05) is 0 Å². The summed E-state index contributed by atoms with van der Waals surface area (Å²) in [6, 6.07) is 9.62. The summed E-state index contributed by atoms with van der Waals surface area (Å²) in [5, 5.41) is 2.85. The zero-order valence-electron chi connectivity index (χ0n) is 17.3. The molecule has 0 unspecified atom stereocenters. The van der Waals surface area contributed by atoms with Crippen molar-refractivity contribution in [2.45, 2.75) is 17.7 Å². The number of amides is 1. The first-order valence-electron chi connectivity index (χ1n) is 9.85. The highest BCUT2D eigenvalue weighted by molar-refractivity contribution is 7.89. The summed E-state index contributed by atoms with van der Waals surface area (Å²) in [7, 11) is -0.849. The first-order chi connectivity index (χ1) is 14.9. The van der Waals surface area contributed by atoms with Crippen molar-refractivity contribution in [3.63, 3.8) is 0 Å². The summed E-state index contributed by atoms with van der Waals surface area (Å²) in [5.41, 5.74) is 0.578. The van der Waals surface area contributed by atoms with E-state index in [0.717, 1.165) is 0 Å². The molecule has 10 heteroatoms. The highest BCUT2D eigenvalue weighted by Crippen LogP contribution is 2.35. The molecular formula is C21H24N2O7S. The third kappa shape index (κ3) is 4.26. The van der Waals surface area contributed by atoms with Crippen LogP contribution >= 0.6 is 0 Å². The van der Waals surface area contributed by atoms with Crippen LogP contribution in [0.1, 0.15) is 12.8 Å². The number of sulfonamides is 1. The van der Waals surface area contributed by atoms with E-state index >= 15 is 0 Å². The van der Waals surface area contributed by atoms with Crippen LogP contribution in [0.3, 0.4) is 0 Å². The molecule has 1 amide bonds. The Morgan fingerprint density at radius 1 is 1.06 bits per heavy atom. The van der Waals surface area contributed by atoms with Crippen LogP contribution in [0.15, 0.2) is 41.3 Å². The van der Waals surface area contributed by atoms with Gasteiger partial charge in [0.05, 0.1) is 25.0 Å². The molecule has 0 radical (unpaired) electrons. The van der Waals surface area contributed by atoms with Crippen molar-refractivity contribution >= 4 is 21.6 Å². The van der Waals surface area contributed by atoms with Crippen molar-refractivity contribution in [2.75, 3.05) is 39.4 Å². The Balaban J connectivity index is 1.48. The number of carbonyl (C=O) groups excluding carboxylic acids is 1. The maximum absolute atomic E-state index is 13.2. The maximum atomic E-state index is 13.2. The van der Waals surface area contributed by atoms with Gasteiger partial charge in [-0.1, -0.05) is 0 Å². The summed E-state index contributed by atoms with van der Waals surface area (Å²) in [6.45, 7) is 0.607. The summed E-state index contributed by atoms with van der Waals surface area (Å²) >= 11 is 0. The molecule has 31 heavy (non-hydrogen) atoms. The van der Waals surface area contributed by atoms with Gasteiger partial charge in [0.2, 0.25) is 22.7 Å². The molecule has 0 aliphatic carbocycles. The van der Waals surface area contributed by atoms with E-state index in [-0.39, 0.29) is 24.1 Å². The smallest absolute Gasteiger partial charge is 0.243 e. The topological polar surface area (TPSA) is 103 Å². The lowest BCUT2D eigenvalue weighted by Gasteiger charge is -2.31. The molecule has 2 aromatic carbocycles. The molecule has 166 valence electrons. The number of anilines is 1. The van der Waals surface area contributed by atoms with Crippen molar-refractivity contribution in [1.29, 1.82) is 0 Å². The number of nitrogens with zero attached hydrogens (tertiary/aromatic N) is 1. The van der Waals surface area contributed by atoms with Gasteiger partial charge in [-0.15, -0.1) is 0 Å². The van der Waals surface area contributed by atoms with Gasteiger partial charge in [-0.2, -0.15) is 4.31 Å². The molecule has 0 spiro atoms. The van der Waals surface area contributed by atoms with Gasteiger partial charge in [-0.25, -0.2) is 8.42 Å². The molecule has 0 saturated carbocycles. The van der Waals surface area contributed by atoms with Crippen LogP contribution in [0, 0.1) is 5.92 Å². The van der Waals surface area contributed by atoms with E-state index in [1.165, 1.54) is 30.7 Å². The number of benzene rings is 2. The minimum Gasteiger partial charge on any atom is -0.493 e. The summed E-state index contributed by atoms with van der Waals surface area (Å²) in [5.74, 6) is 1.28. The summed E-state index contributed by atoms with van der Waals surface area (Å²) in [6.07, 6.45) is 1.19. The number of carbonyl (C=O) groups is 1. The average molecular weight is 448 g/mol. The third-order valence-electron chi connectivity index (χ3n) is 5.39. The van der Waals surface area contributed by atoms with E-state index in [1.54, 1.807) is 24.3 Å². The van der Waals surface area contributed by atoms with Gasteiger partial charge in [0.1, 0.15) is 0 Å². The lowest BCUT2D eigenvalue weighted by Crippen LogP contribution is -2.43. The molecule has 2 aromatic rings. The molecule has 2 heterocycles. The Hall–Kier alpha value is -2.98. The second-order valence-corrected chi connectivity index (χ2v) is 9.21. The number of hydrogen-bond acceptors (Lipinski definition) is 7. The molecule has 0 bridgehead atoms. The van der Waals surface area contributed by atoms with Crippen LogP contribution in [-0.2, 0) is 14.8 Å². The van der Waals surface area contributed by atoms with Gasteiger partial charge in [-0.05, 0) is 37.1 Å². The van der Waals surface area contributed by atoms with Crippen LogP contribution in [0.5, 0.6) is 23.0 Å². The minimum atomic E-state index is -3.79. The Morgan fingerprint density at radius 2 is 1.84 bits per heavy atom. The van der Waals surface area contributed by atoms with Gasteiger partial charge in [0.15, 0.2) is 23.0 Å². The number of fused-ring (bicyclic) bond motifs is 1. The number of piperidine rings is 1. The number of rotatable bonds is 6. The Morgan fingerprint density at radius 3 is 2.61 bits per heavy atom. The van der Waals surface area contributed by atoms with Crippen molar-refractivity contribution in [3.05, 3.63) is 36.4 Å². The largest absolute Gasteiger partial charge is 0.493 e.